The normalized spacial score (nSPS) is 16.5. The van der Waals surface area contributed by atoms with E-state index < -0.39 is 21.5 Å². The number of hydrogen-bond acceptors (Lipinski definition) is 7. The van der Waals surface area contributed by atoms with Gasteiger partial charge in [-0.2, -0.15) is 0 Å². The maximum absolute atomic E-state index is 12.4. The van der Waals surface area contributed by atoms with E-state index in [2.05, 4.69) is 15.5 Å². The molecule has 2 aromatic carbocycles. The summed E-state index contributed by atoms with van der Waals surface area (Å²) in [6.07, 6.45) is 0.271. The summed E-state index contributed by atoms with van der Waals surface area (Å²) in [6, 6.07) is 14.8. The van der Waals surface area contributed by atoms with E-state index in [1.165, 1.54) is 12.1 Å². The molecule has 8 nitrogen and oxygen atoms in total. The molecule has 2 heterocycles. The Morgan fingerprint density at radius 2 is 1.84 bits per heavy atom. The molecular formula is C20H17ClN4O4S2. The minimum absolute atomic E-state index is 0.0398. The van der Waals surface area contributed by atoms with Crippen LogP contribution in [0, 0.1) is 0 Å². The average Bonchev–Trinajstić information content (AvgIpc) is 3.35. The van der Waals surface area contributed by atoms with E-state index in [-0.39, 0.29) is 28.3 Å². The van der Waals surface area contributed by atoms with Crippen LogP contribution in [0.25, 0.3) is 0 Å². The number of rotatable bonds is 6. The van der Waals surface area contributed by atoms with Gasteiger partial charge in [0, 0.05) is 29.6 Å². The first kappa shape index (κ1) is 21.4. The van der Waals surface area contributed by atoms with Gasteiger partial charge in [0.1, 0.15) is 10.8 Å². The molecule has 0 saturated carbocycles. The first-order valence-corrected chi connectivity index (χ1v) is 12.1. The lowest BCUT2D eigenvalue weighted by Crippen LogP contribution is -2.24. The number of aromatic nitrogens is 2. The van der Waals surface area contributed by atoms with Crippen LogP contribution in [0.3, 0.4) is 0 Å². The van der Waals surface area contributed by atoms with Gasteiger partial charge < -0.3 is 4.90 Å². The van der Waals surface area contributed by atoms with Gasteiger partial charge in [-0.3, -0.25) is 14.9 Å². The van der Waals surface area contributed by atoms with E-state index in [0.29, 0.717) is 16.6 Å². The molecule has 1 atom stereocenters. The number of carbonyl (C=O) groups excluding carboxylic acids is 2. The molecule has 1 saturated heterocycles. The lowest BCUT2D eigenvalue weighted by Gasteiger charge is -2.16. The molecule has 0 aliphatic carbocycles. The van der Waals surface area contributed by atoms with E-state index in [4.69, 9.17) is 11.6 Å². The van der Waals surface area contributed by atoms with Crippen LogP contribution in [0.4, 0.5) is 10.8 Å². The fourth-order valence-corrected chi connectivity index (χ4v) is 5.37. The molecule has 4 rings (SSSR count). The smallest absolute Gasteiger partial charge is 0.241 e. The van der Waals surface area contributed by atoms with Crippen LogP contribution in [0.5, 0.6) is 0 Å². The molecule has 0 unspecified atom stereocenters. The molecule has 1 aliphatic heterocycles. The zero-order valence-corrected chi connectivity index (χ0v) is 18.5. The lowest BCUT2D eigenvalue weighted by molar-refractivity contribution is -0.117. The topological polar surface area (TPSA) is 109 Å². The molecule has 1 aliphatic rings. The van der Waals surface area contributed by atoms with Crippen LogP contribution >= 0.6 is 22.9 Å². The highest BCUT2D eigenvalue weighted by Crippen LogP contribution is 2.34. The molecule has 0 radical (unpaired) electrons. The van der Waals surface area contributed by atoms with E-state index in [1.54, 1.807) is 47.4 Å². The second-order valence-corrected chi connectivity index (χ2v) is 10.4. The van der Waals surface area contributed by atoms with Crippen molar-refractivity contribution in [3.63, 3.8) is 0 Å². The molecule has 0 spiro atoms. The Kier molecular flexibility index (Phi) is 6.03. The van der Waals surface area contributed by atoms with Crippen molar-refractivity contribution in [3.05, 3.63) is 64.6 Å². The van der Waals surface area contributed by atoms with Crippen molar-refractivity contribution in [3.8, 4) is 0 Å². The SMILES string of the molecule is O=C(CS(=O)(=O)c1ccccc1)Nc1nnc([C@@H]2CC(=O)N(c3ccc(Cl)cc3)C2)s1. The minimum atomic E-state index is -3.75. The van der Waals surface area contributed by atoms with E-state index in [0.717, 1.165) is 17.0 Å². The summed E-state index contributed by atoms with van der Waals surface area (Å²) in [5, 5.41) is 11.9. The van der Waals surface area contributed by atoms with Gasteiger partial charge in [-0.15, -0.1) is 10.2 Å². The lowest BCUT2D eigenvalue weighted by atomic mass is 10.1. The molecular weight excluding hydrogens is 460 g/mol. The van der Waals surface area contributed by atoms with Crippen molar-refractivity contribution in [2.75, 3.05) is 22.5 Å². The number of halogens is 1. The number of sulfone groups is 1. The fourth-order valence-electron chi connectivity index (χ4n) is 3.23. The van der Waals surface area contributed by atoms with Crippen molar-refractivity contribution in [2.45, 2.75) is 17.2 Å². The van der Waals surface area contributed by atoms with Crippen molar-refractivity contribution >= 4 is 55.4 Å². The number of hydrogen-bond donors (Lipinski definition) is 1. The van der Waals surface area contributed by atoms with E-state index in [1.807, 2.05) is 0 Å². The highest BCUT2D eigenvalue weighted by molar-refractivity contribution is 7.92. The third-order valence-corrected chi connectivity index (χ3v) is 7.61. The van der Waals surface area contributed by atoms with Crippen LogP contribution in [0.15, 0.2) is 59.5 Å². The molecule has 1 N–H and O–H groups in total. The predicted octanol–water partition coefficient (Wildman–Crippen LogP) is 3.12. The Morgan fingerprint density at radius 1 is 1.13 bits per heavy atom. The Labute approximate surface area is 187 Å². The Bertz CT molecular complexity index is 1210. The number of anilines is 2. The standard InChI is InChI=1S/C20H17ClN4O4S2/c21-14-6-8-15(9-7-14)25-11-13(10-18(25)27)19-23-24-20(30-19)22-17(26)12-31(28,29)16-4-2-1-3-5-16/h1-9,13H,10-12H2,(H,22,24,26)/t13-/m1/s1. The fraction of sp³-hybridized carbons (Fsp3) is 0.200. The van der Waals surface area contributed by atoms with Gasteiger partial charge in [-0.05, 0) is 36.4 Å². The third-order valence-electron chi connectivity index (χ3n) is 4.72. The summed E-state index contributed by atoms with van der Waals surface area (Å²) in [5.41, 5.74) is 0.751. The summed E-state index contributed by atoms with van der Waals surface area (Å²) in [4.78, 5) is 26.4. The molecule has 160 valence electrons. The largest absolute Gasteiger partial charge is 0.312 e. The predicted molar refractivity (Wildman–Crippen MR) is 118 cm³/mol. The van der Waals surface area contributed by atoms with E-state index >= 15 is 0 Å². The van der Waals surface area contributed by atoms with Crippen LogP contribution in [-0.4, -0.2) is 42.7 Å². The van der Waals surface area contributed by atoms with Gasteiger partial charge in [0.05, 0.1) is 4.90 Å². The van der Waals surface area contributed by atoms with Crippen molar-refractivity contribution < 1.29 is 18.0 Å². The van der Waals surface area contributed by atoms with Crippen LogP contribution in [0.2, 0.25) is 5.02 Å². The highest BCUT2D eigenvalue weighted by atomic mass is 35.5. The number of nitrogens with one attached hydrogen (secondary N) is 1. The Balaban J connectivity index is 1.40. The second kappa shape index (κ2) is 8.74. The summed E-state index contributed by atoms with van der Waals surface area (Å²) in [5.74, 6) is -1.60. The summed E-state index contributed by atoms with van der Waals surface area (Å²) >= 11 is 7.04. The number of nitrogens with zero attached hydrogens (tertiary/aromatic N) is 3. The maximum Gasteiger partial charge on any atom is 0.241 e. The molecule has 31 heavy (non-hydrogen) atoms. The summed E-state index contributed by atoms with van der Waals surface area (Å²) in [6.45, 7) is 0.436. The first-order chi connectivity index (χ1) is 14.8. The molecule has 0 bridgehead atoms. The molecule has 3 aromatic rings. The van der Waals surface area contributed by atoms with E-state index in [9.17, 15) is 18.0 Å². The van der Waals surface area contributed by atoms with Crippen molar-refractivity contribution in [1.29, 1.82) is 0 Å². The molecule has 1 fully saturated rings. The van der Waals surface area contributed by atoms with Crippen LogP contribution in [0.1, 0.15) is 17.3 Å². The average molecular weight is 477 g/mol. The first-order valence-electron chi connectivity index (χ1n) is 9.29. The minimum Gasteiger partial charge on any atom is -0.312 e. The van der Waals surface area contributed by atoms with Crippen LogP contribution in [-0.2, 0) is 19.4 Å². The van der Waals surface area contributed by atoms with Gasteiger partial charge in [0.2, 0.25) is 16.9 Å². The maximum atomic E-state index is 12.4. The monoisotopic (exact) mass is 476 g/mol. The second-order valence-electron chi connectivity index (χ2n) is 6.95. The number of benzene rings is 2. The van der Waals surface area contributed by atoms with Gasteiger partial charge >= 0.3 is 0 Å². The zero-order valence-electron chi connectivity index (χ0n) is 16.1. The highest BCUT2D eigenvalue weighted by Gasteiger charge is 2.34. The van der Waals surface area contributed by atoms with Crippen LogP contribution < -0.4 is 10.2 Å². The van der Waals surface area contributed by atoms with Crippen molar-refractivity contribution in [2.24, 2.45) is 0 Å². The zero-order chi connectivity index (χ0) is 22.0. The quantitative estimate of drug-likeness (QED) is 0.585. The van der Waals surface area contributed by atoms with Crippen molar-refractivity contribution in [1.82, 2.24) is 10.2 Å². The third kappa shape index (κ3) is 4.92. The van der Waals surface area contributed by atoms with Gasteiger partial charge in [-0.1, -0.05) is 41.1 Å². The van der Waals surface area contributed by atoms with Gasteiger partial charge in [0.25, 0.3) is 0 Å². The van der Waals surface area contributed by atoms with Gasteiger partial charge in [-0.25, -0.2) is 8.42 Å². The summed E-state index contributed by atoms with van der Waals surface area (Å²) < 4.78 is 24.7. The molecule has 1 aromatic heterocycles. The van der Waals surface area contributed by atoms with Gasteiger partial charge in [0.15, 0.2) is 9.84 Å². The number of carbonyl (C=O) groups is 2. The Hall–Kier alpha value is -2.82. The summed E-state index contributed by atoms with van der Waals surface area (Å²) in [7, 11) is -3.75. The molecule has 11 heteroatoms. The molecule has 2 amide bonds. The number of amides is 2. The Morgan fingerprint density at radius 3 is 2.55 bits per heavy atom.